The van der Waals surface area contributed by atoms with Gasteiger partial charge in [-0.3, -0.25) is 4.79 Å². The number of nitrogens with one attached hydrogen (secondary N) is 1. The van der Waals surface area contributed by atoms with Crippen molar-refractivity contribution >= 4 is 33.2 Å². The molecule has 0 aromatic carbocycles. The number of carbonyl (C=O) groups is 2. The van der Waals surface area contributed by atoms with Crippen LogP contribution in [-0.4, -0.2) is 49.3 Å². The first-order chi connectivity index (χ1) is 11.3. The molecule has 1 fully saturated rings. The fourth-order valence-electron chi connectivity index (χ4n) is 3.22. The Morgan fingerprint density at radius 1 is 1.38 bits per heavy atom. The summed E-state index contributed by atoms with van der Waals surface area (Å²) in [6.45, 7) is 1.38. The van der Waals surface area contributed by atoms with Crippen LogP contribution in [-0.2, 0) is 27.8 Å². The van der Waals surface area contributed by atoms with Crippen molar-refractivity contribution in [3.8, 4) is 0 Å². The molecule has 1 aromatic heterocycles. The molecule has 24 heavy (non-hydrogen) atoms. The standard InChI is InChI=1S/C14H19N3O5S2/c15-12(18)8-2-1-5-17(7-8)24(21,22)14-11(13(19)20)9-3-4-16-6-10(9)23-14/h8,16H,1-7H2,(H2,15,18)(H,19,20). The predicted octanol–water partition coefficient (Wildman–Crippen LogP) is -0.0220. The third kappa shape index (κ3) is 2.94. The largest absolute Gasteiger partial charge is 0.478 e. The Balaban J connectivity index is 2.02. The van der Waals surface area contributed by atoms with E-state index in [9.17, 15) is 23.1 Å². The molecule has 10 heteroatoms. The lowest BCUT2D eigenvalue weighted by Gasteiger charge is -2.30. The molecule has 2 aliphatic rings. The number of carbonyl (C=O) groups excluding carboxylic acids is 1. The van der Waals surface area contributed by atoms with Crippen LogP contribution in [0.5, 0.6) is 0 Å². The lowest BCUT2D eigenvalue weighted by Crippen LogP contribution is -2.44. The number of hydrogen-bond donors (Lipinski definition) is 3. The molecule has 0 saturated carbocycles. The third-order valence-corrected chi connectivity index (χ3v) is 8.06. The van der Waals surface area contributed by atoms with Gasteiger partial charge >= 0.3 is 5.97 Å². The normalized spacial score (nSPS) is 22.1. The summed E-state index contributed by atoms with van der Waals surface area (Å²) in [5.74, 6) is -2.28. The summed E-state index contributed by atoms with van der Waals surface area (Å²) in [5.41, 5.74) is 5.80. The van der Waals surface area contributed by atoms with E-state index in [4.69, 9.17) is 5.73 Å². The number of fused-ring (bicyclic) bond motifs is 1. The zero-order chi connectivity index (χ0) is 17.5. The van der Waals surface area contributed by atoms with E-state index in [-0.39, 0.29) is 22.9 Å². The van der Waals surface area contributed by atoms with Gasteiger partial charge in [0.1, 0.15) is 4.21 Å². The Morgan fingerprint density at radius 2 is 2.12 bits per heavy atom. The highest BCUT2D eigenvalue weighted by atomic mass is 32.2. The molecule has 3 heterocycles. The van der Waals surface area contributed by atoms with E-state index in [0.717, 1.165) is 16.2 Å². The van der Waals surface area contributed by atoms with Gasteiger partial charge in [0.25, 0.3) is 10.0 Å². The monoisotopic (exact) mass is 373 g/mol. The number of nitrogens with two attached hydrogens (primary N) is 1. The number of thiophene rings is 1. The molecule has 8 nitrogen and oxygen atoms in total. The van der Waals surface area contributed by atoms with Crippen molar-refractivity contribution in [3.63, 3.8) is 0 Å². The average molecular weight is 373 g/mol. The molecule has 0 spiro atoms. The number of primary amides is 1. The minimum absolute atomic E-state index is 0.0115. The molecule has 4 N–H and O–H groups in total. The lowest BCUT2D eigenvalue weighted by molar-refractivity contribution is -0.122. The maximum Gasteiger partial charge on any atom is 0.338 e. The van der Waals surface area contributed by atoms with E-state index in [1.54, 1.807) is 0 Å². The molecular weight excluding hydrogens is 354 g/mol. The first-order valence-electron chi connectivity index (χ1n) is 7.70. The van der Waals surface area contributed by atoms with E-state index >= 15 is 0 Å². The molecule has 1 atom stereocenters. The number of carboxylic acids is 1. The molecule has 0 aliphatic carbocycles. The summed E-state index contributed by atoms with van der Waals surface area (Å²) in [7, 11) is -3.96. The Hall–Kier alpha value is -1.49. The molecule has 1 unspecified atom stereocenters. The van der Waals surface area contributed by atoms with Crippen LogP contribution < -0.4 is 11.1 Å². The van der Waals surface area contributed by atoms with Gasteiger partial charge in [-0.15, -0.1) is 11.3 Å². The summed E-state index contributed by atoms with van der Waals surface area (Å²) in [6.07, 6.45) is 1.58. The second-order valence-corrected chi connectivity index (χ2v) is 9.24. The molecular formula is C14H19N3O5S2. The van der Waals surface area contributed by atoms with E-state index in [0.29, 0.717) is 37.9 Å². The number of piperidine rings is 1. The number of sulfonamides is 1. The van der Waals surface area contributed by atoms with Crippen LogP contribution in [0.25, 0.3) is 0 Å². The Labute approximate surface area is 143 Å². The molecule has 1 aromatic rings. The van der Waals surface area contributed by atoms with Crippen molar-refractivity contribution in [1.82, 2.24) is 9.62 Å². The van der Waals surface area contributed by atoms with Crippen molar-refractivity contribution in [2.45, 2.75) is 30.0 Å². The van der Waals surface area contributed by atoms with Crippen LogP contribution in [0.1, 0.15) is 33.6 Å². The highest BCUT2D eigenvalue weighted by Gasteiger charge is 2.38. The van der Waals surface area contributed by atoms with Crippen LogP contribution in [0, 0.1) is 5.92 Å². The maximum atomic E-state index is 13.0. The van der Waals surface area contributed by atoms with Crippen LogP contribution in [0.2, 0.25) is 0 Å². The van der Waals surface area contributed by atoms with Crippen LogP contribution in [0.4, 0.5) is 0 Å². The minimum Gasteiger partial charge on any atom is -0.478 e. The summed E-state index contributed by atoms with van der Waals surface area (Å²) < 4.78 is 27.1. The van der Waals surface area contributed by atoms with Gasteiger partial charge in [0.2, 0.25) is 5.91 Å². The number of aromatic carboxylic acids is 1. The zero-order valence-electron chi connectivity index (χ0n) is 12.9. The number of carboxylic acid groups (broad SMARTS) is 1. The quantitative estimate of drug-likeness (QED) is 0.680. The Kier molecular flexibility index (Phi) is 4.65. The van der Waals surface area contributed by atoms with Gasteiger partial charge in [0.15, 0.2) is 0 Å². The number of nitrogens with zero attached hydrogens (tertiary/aromatic N) is 1. The van der Waals surface area contributed by atoms with Crippen LogP contribution >= 0.6 is 11.3 Å². The Morgan fingerprint density at radius 3 is 2.79 bits per heavy atom. The third-order valence-electron chi connectivity index (χ3n) is 4.47. The fourth-order valence-corrected chi connectivity index (χ4v) is 6.74. The second kappa shape index (κ2) is 6.43. The van der Waals surface area contributed by atoms with Gasteiger partial charge < -0.3 is 16.2 Å². The molecule has 1 saturated heterocycles. The minimum atomic E-state index is -3.96. The van der Waals surface area contributed by atoms with Gasteiger partial charge in [0.05, 0.1) is 11.5 Å². The van der Waals surface area contributed by atoms with E-state index in [2.05, 4.69) is 5.32 Å². The van der Waals surface area contributed by atoms with E-state index in [1.165, 1.54) is 4.31 Å². The van der Waals surface area contributed by atoms with E-state index < -0.39 is 27.8 Å². The number of amides is 1. The SMILES string of the molecule is NC(=O)C1CCCN(S(=O)(=O)c2sc3c(c2C(=O)O)CCNC3)C1. The van der Waals surface area contributed by atoms with Gasteiger partial charge in [0, 0.05) is 24.5 Å². The van der Waals surface area contributed by atoms with Crippen LogP contribution in [0.15, 0.2) is 4.21 Å². The van der Waals surface area contributed by atoms with Crippen LogP contribution in [0.3, 0.4) is 0 Å². The predicted molar refractivity (Wildman–Crippen MR) is 87.4 cm³/mol. The average Bonchev–Trinajstić information content (AvgIpc) is 2.95. The van der Waals surface area contributed by atoms with Crippen molar-refractivity contribution in [1.29, 1.82) is 0 Å². The first kappa shape index (κ1) is 17.3. The van der Waals surface area contributed by atoms with E-state index in [1.807, 2.05) is 0 Å². The van der Waals surface area contributed by atoms with Gasteiger partial charge in [-0.2, -0.15) is 4.31 Å². The number of hydrogen-bond acceptors (Lipinski definition) is 6. The van der Waals surface area contributed by atoms with Crippen molar-refractivity contribution in [3.05, 3.63) is 16.0 Å². The Bertz CT molecular complexity index is 787. The van der Waals surface area contributed by atoms with Crippen molar-refractivity contribution < 1.29 is 23.1 Å². The van der Waals surface area contributed by atoms with Crippen molar-refractivity contribution in [2.24, 2.45) is 11.7 Å². The molecule has 3 rings (SSSR count). The summed E-state index contributed by atoms with van der Waals surface area (Å²) in [5, 5.41) is 12.7. The lowest BCUT2D eigenvalue weighted by atomic mass is 9.99. The first-order valence-corrected chi connectivity index (χ1v) is 9.96. The highest BCUT2D eigenvalue weighted by molar-refractivity contribution is 7.91. The fraction of sp³-hybridized carbons (Fsp3) is 0.571. The van der Waals surface area contributed by atoms with Gasteiger partial charge in [-0.25, -0.2) is 13.2 Å². The maximum absolute atomic E-state index is 13.0. The summed E-state index contributed by atoms with van der Waals surface area (Å²) >= 11 is 1.01. The smallest absolute Gasteiger partial charge is 0.338 e. The van der Waals surface area contributed by atoms with Crippen molar-refractivity contribution in [2.75, 3.05) is 19.6 Å². The number of rotatable bonds is 4. The topological polar surface area (TPSA) is 130 Å². The zero-order valence-corrected chi connectivity index (χ0v) is 14.6. The molecule has 2 aliphatic heterocycles. The van der Waals surface area contributed by atoms with Gasteiger partial charge in [-0.05, 0) is 31.4 Å². The second-order valence-electron chi connectivity index (χ2n) is 6.00. The van der Waals surface area contributed by atoms with Gasteiger partial charge in [-0.1, -0.05) is 0 Å². The molecule has 0 bridgehead atoms. The summed E-state index contributed by atoms with van der Waals surface area (Å²) in [6, 6.07) is 0. The highest BCUT2D eigenvalue weighted by Crippen LogP contribution is 2.37. The summed E-state index contributed by atoms with van der Waals surface area (Å²) in [4.78, 5) is 23.8. The molecule has 1 amide bonds. The molecule has 132 valence electrons. The molecule has 0 radical (unpaired) electrons.